The predicted octanol–water partition coefficient (Wildman–Crippen LogP) is 1.27. The van der Waals surface area contributed by atoms with Gasteiger partial charge in [0.2, 0.25) is 5.91 Å². The van der Waals surface area contributed by atoms with E-state index in [-0.39, 0.29) is 11.3 Å². The number of piperidine rings is 1. The summed E-state index contributed by atoms with van der Waals surface area (Å²) in [6.07, 6.45) is 9.46. The molecule has 3 heterocycles. The number of carbonyl (C=O) groups excluding carboxylic acids is 1. The summed E-state index contributed by atoms with van der Waals surface area (Å²) in [6, 6.07) is 1.86. The van der Waals surface area contributed by atoms with Gasteiger partial charge in [0.25, 0.3) is 0 Å². The number of rotatable bonds is 5. The largest absolute Gasteiger partial charge is 0.479 e. The quantitative estimate of drug-likeness (QED) is 0.870. The van der Waals surface area contributed by atoms with Crippen molar-refractivity contribution < 1.29 is 14.7 Å². The Morgan fingerprint density at radius 2 is 1.88 bits per heavy atom. The summed E-state index contributed by atoms with van der Waals surface area (Å²) in [5.74, 6) is -0.0396. The molecular formula is C18H23N5O3. The van der Waals surface area contributed by atoms with Crippen molar-refractivity contribution in [1.82, 2.24) is 24.2 Å². The van der Waals surface area contributed by atoms with E-state index >= 15 is 0 Å². The van der Waals surface area contributed by atoms with Gasteiger partial charge in [-0.2, -0.15) is 5.10 Å². The first kappa shape index (κ1) is 16.8. The number of imidazole rings is 1. The summed E-state index contributed by atoms with van der Waals surface area (Å²) in [4.78, 5) is 31.1. The monoisotopic (exact) mass is 357 g/mol. The highest BCUT2D eigenvalue weighted by molar-refractivity contribution is 5.86. The van der Waals surface area contributed by atoms with Crippen LogP contribution in [-0.4, -0.2) is 54.3 Å². The molecule has 4 rings (SSSR count). The number of carboxylic acid groups (broad SMARTS) is 1. The number of hydrogen-bond donors (Lipinski definition) is 1. The molecular weight excluding hydrogens is 334 g/mol. The molecule has 1 amide bonds. The minimum absolute atomic E-state index is 0.134. The van der Waals surface area contributed by atoms with Crippen molar-refractivity contribution in [3.05, 3.63) is 36.7 Å². The topological polar surface area (TPSA) is 93.3 Å². The van der Waals surface area contributed by atoms with E-state index in [1.54, 1.807) is 23.2 Å². The summed E-state index contributed by atoms with van der Waals surface area (Å²) < 4.78 is 3.55. The van der Waals surface area contributed by atoms with Gasteiger partial charge in [0.05, 0.1) is 12.0 Å². The van der Waals surface area contributed by atoms with E-state index in [0.29, 0.717) is 38.3 Å². The van der Waals surface area contributed by atoms with E-state index in [4.69, 9.17) is 0 Å². The molecule has 0 aromatic carbocycles. The highest BCUT2D eigenvalue weighted by Crippen LogP contribution is 2.49. The highest BCUT2D eigenvalue weighted by Gasteiger charge is 2.54. The fourth-order valence-corrected chi connectivity index (χ4v) is 4.10. The van der Waals surface area contributed by atoms with Crippen molar-refractivity contribution >= 4 is 11.9 Å². The Bertz CT molecular complexity index is 814. The molecule has 8 nitrogen and oxygen atoms in total. The molecule has 1 saturated carbocycles. The Balaban J connectivity index is 1.48. The molecule has 2 aliphatic rings. The number of nitrogens with zero attached hydrogens (tertiary/aromatic N) is 5. The second-order valence-electron chi connectivity index (χ2n) is 7.46. The Labute approximate surface area is 151 Å². The first-order valence-electron chi connectivity index (χ1n) is 8.98. The maximum atomic E-state index is 13.1. The lowest BCUT2D eigenvalue weighted by Crippen LogP contribution is -2.54. The van der Waals surface area contributed by atoms with Crippen molar-refractivity contribution in [1.29, 1.82) is 0 Å². The normalized spacial score (nSPS) is 20.7. The zero-order chi connectivity index (χ0) is 18.4. The molecule has 0 spiro atoms. The summed E-state index contributed by atoms with van der Waals surface area (Å²) in [5, 5.41) is 14.1. The van der Waals surface area contributed by atoms with Gasteiger partial charge in [-0.25, -0.2) is 9.78 Å². The summed E-state index contributed by atoms with van der Waals surface area (Å²) in [5.41, 5.74) is -1.38. The Morgan fingerprint density at radius 3 is 2.38 bits per heavy atom. The number of carboxylic acids is 1. The Morgan fingerprint density at radius 1 is 1.15 bits per heavy atom. The number of hydrogen-bond acceptors (Lipinski definition) is 4. The van der Waals surface area contributed by atoms with Gasteiger partial charge in [-0.3, -0.25) is 9.48 Å². The second kappa shape index (κ2) is 5.96. The third kappa shape index (κ3) is 2.60. The van der Waals surface area contributed by atoms with Crippen LogP contribution >= 0.6 is 0 Å². The van der Waals surface area contributed by atoms with E-state index in [0.717, 1.165) is 12.8 Å². The van der Waals surface area contributed by atoms with Crippen molar-refractivity contribution in [2.24, 2.45) is 5.41 Å². The van der Waals surface area contributed by atoms with Crippen LogP contribution in [0, 0.1) is 12.3 Å². The SMILES string of the molecule is Cc1nccn1C1(C(=O)O)CCN(C(=O)C2(Cn3cccn3)CC2)CC1. The van der Waals surface area contributed by atoms with Crippen molar-refractivity contribution in [2.75, 3.05) is 13.1 Å². The first-order chi connectivity index (χ1) is 12.5. The predicted molar refractivity (Wildman–Crippen MR) is 92.3 cm³/mol. The molecule has 2 aromatic rings. The molecule has 0 radical (unpaired) electrons. The van der Waals surface area contributed by atoms with Crippen LogP contribution in [0.3, 0.4) is 0 Å². The lowest BCUT2D eigenvalue weighted by atomic mass is 9.86. The Kier molecular flexibility index (Phi) is 3.86. The fraction of sp³-hybridized carbons (Fsp3) is 0.556. The van der Waals surface area contributed by atoms with Crippen LogP contribution < -0.4 is 0 Å². The number of aliphatic carboxylic acids is 1. The van der Waals surface area contributed by atoms with Crippen LogP contribution in [0.1, 0.15) is 31.5 Å². The lowest BCUT2D eigenvalue weighted by molar-refractivity contribution is -0.154. The fourth-order valence-electron chi connectivity index (χ4n) is 4.10. The van der Waals surface area contributed by atoms with E-state index in [1.165, 1.54) is 0 Å². The van der Waals surface area contributed by atoms with Crippen LogP contribution in [0.25, 0.3) is 0 Å². The molecule has 0 unspecified atom stereocenters. The molecule has 8 heteroatoms. The van der Waals surface area contributed by atoms with Gasteiger partial charge in [0, 0.05) is 37.9 Å². The maximum absolute atomic E-state index is 13.1. The lowest BCUT2D eigenvalue weighted by Gasteiger charge is -2.41. The van der Waals surface area contributed by atoms with Crippen LogP contribution in [0.15, 0.2) is 30.9 Å². The van der Waals surface area contributed by atoms with Gasteiger partial charge in [0.1, 0.15) is 11.4 Å². The summed E-state index contributed by atoms with van der Waals surface area (Å²) in [7, 11) is 0. The molecule has 0 bridgehead atoms. The zero-order valence-electron chi connectivity index (χ0n) is 14.8. The van der Waals surface area contributed by atoms with Gasteiger partial charge >= 0.3 is 5.97 Å². The van der Waals surface area contributed by atoms with Crippen LogP contribution in [0.4, 0.5) is 0 Å². The minimum Gasteiger partial charge on any atom is -0.479 e. The van der Waals surface area contributed by atoms with E-state index < -0.39 is 11.5 Å². The molecule has 2 aromatic heterocycles. The van der Waals surface area contributed by atoms with Gasteiger partial charge in [-0.15, -0.1) is 0 Å². The van der Waals surface area contributed by atoms with Gasteiger partial charge in [0.15, 0.2) is 0 Å². The van der Waals surface area contributed by atoms with Gasteiger partial charge in [-0.1, -0.05) is 0 Å². The molecule has 138 valence electrons. The molecule has 0 atom stereocenters. The van der Waals surface area contributed by atoms with E-state index in [9.17, 15) is 14.7 Å². The van der Waals surface area contributed by atoms with E-state index in [1.807, 2.05) is 28.8 Å². The third-order valence-electron chi connectivity index (χ3n) is 5.89. The minimum atomic E-state index is -1.02. The van der Waals surface area contributed by atoms with Crippen LogP contribution in [-0.2, 0) is 21.7 Å². The molecule has 26 heavy (non-hydrogen) atoms. The van der Waals surface area contributed by atoms with Crippen LogP contribution in [0.2, 0.25) is 0 Å². The maximum Gasteiger partial charge on any atom is 0.330 e. The van der Waals surface area contributed by atoms with E-state index in [2.05, 4.69) is 10.1 Å². The average Bonchev–Trinajstić information content (AvgIpc) is 3.01. The molecule has 1 aliphatic heterocycles. The zero-order valence-corrected chi connectivity index (χ0v) is 14.8. The van der Waals surface area contributed by atoms with Crippen molar-refractivity contribution in [2.45, 2.75) is 44.7 Å². The Hall–Kier alpha value is -2.64. The average molecular weight is 357 g/mol. The second-order valence-corrected chi connectivity index (χ2v) is 7.46. The molecule has 1 aliphatic carbocycles. The van der Waals surface area contributed by atoms with Crippen molar-refractivity contribution in [3.8, 4) is 0 Å². The standard InChI is InChI=1S/C18H23N5O3/c1-14-19-8-12-23(14)18(16(25)26)5-10-21(11-6-18)15(24)17(3-4-17)13-22-9-2-7-20-22/h2,7-9,12H,3-6,10-11,13H2,1H3,(H,25,26). The molecule has 1 N–H and O–H groups in total. The number of amides is 1. The van der Waals surface area contributed by atoms with Gasteiger partial charge in [-0.05, 0) is 38.7 Å². The first-order valence-corrected chi connectivity index (χ1v) is 8.98. The number of carbonyl (C=O) groups is 2. The molecule has 1 saturated heterocycles. The molecule has 2 fully saturated rings. The smallest absolute Gasteiger partial charge is 0.330 e. The number of aromatic nitrogens is 4. The third-order valence-corrected chi connectivity index (χ3v) is 5.89. The van der Waals surface area contributed by atoms with Crippen molar-refractivity contribution in [3.63, 3.8) is 0 Å². The van der Waals surface area contributed by atoms with Crippen LogP contribution in [0.5, 0.6) is 0 Å². The number of aryl methyl sites for hydroxylation is 1. The highest BCUT2D eigenvalue weighted by atomic mass is 16.4. The van der Waals surface area contributed by atoms with Gasteiger partial charge < -0.3 is 14.6 Å². The summed E-state index contributed by atoms with van der Waals surface area (Å²) in [6.45, 7) is 3.30. The number of likely N-dealkylation sites (tertiary alicyclic amines) is 1. The summed E-state index contributed by atoms with van der Waals surface area (Å²) >= 11 is 0.